The van der Waals surface area contributed by atoms with E-state index in [1.165, 1.54) is 0 Å². The highest BCUT2D eigenvalue weighted by Crippen LogP contribution is 2.08. The fourth-order valence-electron chi connectivity index (χ4n) is 1.76. The lowest BCUT2D eigenvalue weighted by atomic mass is 10.0. The van der Waals surface area contributed by atoms with Crippen molar-refractivity contribution in [3.63, 3.8) is 0 Å². The first-order valence-corrected chi connectivity index (χ1v) is 6.72. The van der Waals surface area contributed by atoms with Crippen molar-refractivity contribution < 1.29 is 19.1 Å². The van der Waals surface area contributed by atoms with Gasteiger partial charge in [0, 0.05) is 0 Å². The summed E-state index contributed by atoms with van der Waals surface area (Å²) >= 11 is 0. The molecule has 1 aromatic rings. The van der Waals surface area contributed by atoms with Gasteiger partial charge >= 0.3 is 11.9 Å². The van der Waals surface area contributed by atoms with Gasteiger partial charge in [-0.2, -0.15) is 0 Å². The molecule has 0 amide bonds. The molecule has 0 aliphatic heterocycles. The summed E-state index contributed by atoms with van der Waals surface area (Å²) in [7, 11) is 0. The monoisotopic (exact) mass is 279 g/mol. The molecule has 1 rings (SSSR count). The summed E-state index contributed by atoms with van der Waals surface area (Å²) in [4.78, 5) is 22.8. The molecular formula is C15H21NO4. The maximum atomic E-state index is 11.4. The maximum absolute atomic E-state index is 11.4. The molecule has 2 N–H and O–H groups in total. The molecule has 0 radical (unpaired) electrons. The number of ether oxygens (including phenoxy) is 2. The zero-order valence-corrected chi connectivity index (χ0v) is 11.9. The molecule has 0 heterocycles. The van der Waals surface area contributed by atoms with Crippen molar-refractivity contribution in [2.45, 2.75) is 32.7 Å². The summed E-state index contributed by atoms with van der Waals surface area (Å²) in [5, 5.41) is 0. The molecule has 0 saturated heterocycles. The van der Waals surface area contributed by atoms with Crippen LogP contribution in [-0.2, 0) is 31.9 Å². The highest BCUT2D eigenvalue weighted by atomic mass is 16.5. The summed E-state index contributed by atoms with van der Waals surface area (Å²) in [6, 6.07) is 6.72. The average Bonchev–Trinajstić information content (AvgIpc) is 2.41. The summed E-state index contributed by atoms with van der Waals surface area (Å²) in [6.45, 7) is 4.23. The van der Waals surface area contributed by atoms with Gasteiger partial charge in [-0.15, -0.1) is 0 Å². The maximum Gasteiger partial charge on any atom is 0.323 e. The molecular weight excluding hydrogens is 258 g/mol. The van der Waals surface area contributed by atoms with E-state index in [9.17, 15) is 9.59 Å². The minimum atomic E-state index is -0.661. The topological polar surface area (TPSA) is 78.6 Å². The molecule has 1 unspecified atom stereocenters. The molecule has 0 fully saturated rings. The Labute approximate surface area is 119 Å². The fourth-order valence-corrected chi connectivity index (χ4v) is 1.76. The van der Waals surface area contributed by atoms with Crippen LogP contribution in [0.4, 0.5) is 0 Å². The minimum Gasteiger partial charge on any atom is -0.466 e. The van der Waals surface area contributed by atoms with Gasteiger partial charge in [0.2, 0.25) is 0 Å². The Kier molecular flexibility index (Phi) is 6.73. The van der Waals surface area contributed by atoms with Crippen LogP contribution in [0.5, 0.6) is 0 Å². The first-order valence-electron chi connectivity index (χ1n) is 6.72. The van der Waals surface area contributed by atoms with E-state index in [0.29, 0.717) is 19.6 Å². The number of benzene rings is 1. The number of hydrogen-bond donors (Lipinski definition) is 1. The quantitative estimate of drug-likeness (QED) is 0.759. The normalized spacial score (nSPS) is 11.8. The summed E-state index contributed by atoms with van der Waals surface area (Å²) in [5.41, 5.74) is 7.55. The minimum absolute atomic E-state index is 0.247. The van der Waals surface area contributed by atoms with Crippen molar-refractivity contribution in [1.29, 1.82) is 0 Å². The van der Waals surface area contributed by atoms with E-state index in [2.05, 4.69) is 0 Å². The van der Waals surface area contributed by atoms with Gasteiger partial charge in [0.15, 0.2) is 0 Å². The van der Waals surface area contributed by atoms with Gasteiger partial charge in [-0.1, -0.05) is 24.3 Å². The summed E-state index contributed by atoms with van der Waals surface area (Å²) in [5.74, 6) is -0.647. The Morgan fingerprint density at radius 1 is 1.05 bits per heavy atom. The second-order valence-electron chi connectivity index (χ2n) is 4.36. The van der Waals surface area contributed by atoms with E-state index in [1.54, 1.807) is 13.8 Å². The van der Waals surface area contributed by atoms with Crippen LogP contribution < -0.4 is 5.73 Å². The highest BCUT2D eigenvalue weighted by Gasteiger charge is 2.15. The van der Waals surface area contributed by atoms with Gasteiger partial charge in [-0.25, -0.2) is 0 Å². The molecule has 1 aromatic carbocycles. The number of rotatable bonds is 7. The third-order valence-corrected chi connectivity index (χ3v) is 2.72. The first kappa shape index (κ1) is 16.2. The van der Waals surface area contributed by atoms with E-state index in [4.69, 9.17) is 15.2 Å². The first-order chi connectivity index (χ1) is 9.56. The van der Waals surface area contributed by atoms with Gasteiger partial charge in [0.1, 0.15) is 6.04 Å². The fraction of sp³-hybridized carbons (Fsp3) is 0.467. The van der Waals surface area contributed by atoms with Crippen LogP contribution in [0.25, 0.3) is 0 Å². The number of nitrogens with two attached hydrogens (primary N) is 1. The lowest BCUT2D eigenvalue weighted by molar-refractivity contribution is -0.144. The molecule has 0 saturated carbocycles. The highest BCUT2D eigenvalue weighted by molar-refractivity contribution is 5.76. The van der Waals surface area contributed by atoms with Gasteiger partial charge in [0.25, 0.3) is 0 Å². The Bertz CT molecular complexity index is 442. The summed E-state index contributed by atoms with van der Waals surface area (Å²) in [6.07, 6.45) is 0.663. The van der Waals surface area contributed by atoms with Crippen LogP contribution in [0.3, 0.4) is 0 Å². The number of carbonyl (C=O) groups is 2. The molecule has 20 heavy (non-hydrogen) atoms. The molecule has 0 aliphatic rings. The predicted molar refractivity (Wildman–Crippen MR) is 75.1 cm³/mol. The standard InChI is InChI=1S/C15H21NO4/c1-3-19-14(17)10-12-7-5-11(6-8-12)9-13(16)15(18)20-4-2/h5-8,13H,3-4,9-10,16H2,1-2H3. The average molecular weight is 279 g/mol. The largest absolute Gasteiger partial charge is 0.466 e. The number of esters is 2. The van der Waals surface area contributed by atoms with Crippen molar-refractivity contribution in [2.75, 3.05) is 13.2 Å². The summed E-state index contributed by atoms with van der Waals surface area (Å²) < 4.78 is 9.73. The van der Waals surface area contributed by atoms with E-state index < -0.39 is 12.0 Å². The molecule has 0 aromatic heterocycles. The van der Waals surface area contributed by atoms with Crippen molar-refractivity contribution in [3.8, 4) is 0 Å². The Morgan fingerprint density at radius 3 is 2.15 bits per heavy atom. The lowest BCUT2D eigenvalue weighted by Crippen LogP contribution is -2.34. The Hall–Kier alpha value is -1.88. The van der Waals surface area contributed by atoms with Crippen LogP contribution in [-0.4, -0.2) is 31.2 Å². The third kappa shape index (κ3) is 5.40. The van der Waals surface area contributed by atoms with Gasteiger partial charge < -0.3 is 15.2 Å². The van der Waals surface area contributed by atoms with E-state index in [-0.39, 0.29) is 12.4 Å². The predicted octanol–water partition coefficient (Wildman–Crippen LogP) is 1.23. The number of hydrogen-bond acceptors (Lipinski definition) is 5. The lowest BCUT2D eigenvalue weighted by Gasteiger charge is -2.10. The second kappa shape index (κ2) is 8.32. The van der Waals surface area contributed by atoms with Gasteiger partial charge in [-0.05, 0) is 31.4 Å². The van der Waals surface area contributed by atoms with Crippen LogP contribution in [0.1, 0.15) is 25.0 Å². The molecule has 110 valence electrons. The zero-order chi connectivity index (χ0) is 15.0. The van der Waals surface area contributed by atoms with Crippen molar-refractivity contribution >= 4 is 11.9 Å². The Balaban J connectivity index is 2.54. The van der Waals surface area contributed by atoms with Crippen LogP contribution in [0.15, 0.2) is 24.3 Å². The third-order valence-electron chi connectivity index (χ3n) is 2.72. The second-order valence-corrected chi connectivity index (χ2v) is 4.36. The van der Waals surface area contributed by atoms with Gasteiger partial charge in [-0.3, -0.25) is 9.59 Å². The van der Waals surface area contributed by atoms with Crippen molar-refractivity contribution in [1.82, 2.24) is 0 Å². The molecule has 5 nitrogen and oxygen atoms in total. The SMILES string of the molecule is CCOC(=O)Cc1ccc(CC(N)C(=O)OCC)cc1. The van der Waals surface area contributed by atoms with Crippen LogP contribution in [0, 0.1) is 0 Å². The van der Waals surface area contributed by atoms with Crippen LogP contribution >= 0.6 is 0 Å². The molecule has 1 atom stereocenters. The smallest absolute Gasteiger partial charge is 0.323 e. The number of carbonyl (C=O) groups excluding carboxylic acids is 2. The van der Waals surface area contributed by atoms with E-state index >= 15 is 0 Å². The van der Waals surface area contributed by atoms with E-state index in [1.807, 2.05) is 24.3 Å². The molecule has 0 spiro atoms. The molecule has 0 bridgehead atoms. The van der Waals surface area contributed by atoms with Gasteiger partial charge in [0.05, 0.1) is 19.6 Å². The Morgan fingerprint density at radius 2 is 1.60 bits per heavy atom. The van der Waals surface area contributed by atoms with Crippen molar-refractivity contribution in [3.05, 3.63) is 35.4 Å². The van der Waals surface area contributed by atoms with Crippen LogP contribution in [0.2, 0.25) is 0 Å². The molecule has 5 heteroatoms. The zero-order valence-electron chi connectivity index (χ0n) is 11.9. The van der Waals surface area contributed by atoms with E-state index in [0.717, 1.165) is 11.1 Å². The van der Waals surface area contributed by atoms with Crippen molar-refractivity contribution in [2.24, 2.45) is 5.73 Å². The molecule has 0 aliphatic carbocycles.